The molecule has 0 unspecified atom stereocenters. The summed E-state index contributed by atoms with van der Waals surface area (Å²) < 4.78 is 0. The molecule has 4 aliphatic heterocycles. The van der Waals surface area contributed by atoms with Gasteiger partial charge in [-0.3, -0.25) is 72.3 Å². The van der Waals surface area contributed by atoms with Gasteiger partial charge in [0.1, 0.15) is 78.3 Å². The number of phenols is 1. The SMILES string of the molecule is CSCC[C@H](NC(=O)[C@@H]1CCCN1C(=O)[C@H](CCCCN)NC(=O)[C@@H]1CCCN1C(=O)[C@@H]1CCCN1C(=O)[C@@H](N)CC(N)=O)C(=O)N[C@@H](CCCN=C(N)N)C(=O)N1CCC[C@H]1C(=O)N[C@@H](CC(C)C)C(=O)N[C@@H](Cc1ccc(O)cc1)C(=O)N[C@@H](Cc1c[nH]c2ccccc12)C(=O)N[C@H](C(=O)N[C@@H](CCCN=C(N)N)C(=O)O)[C@@H](C)O. The highest BCUT2D eigenvalue weighted by atomic mass is 32.2. The molecule has 644 valence electrons. The van der Waals surface area contributed by atoms with Gasteiger partial charge in [0.05, 0.1) is 18.6 Å². The number of carboxylic acid groups (broad SMARTS) is 1. The smallest absolute Gasteiger partial charge is 0.326 e. The van der Waals surface area contributed by atoms with Gasteiger partial charge < -0.3 is 123 Å². The maximum atomic E-state index is 15.2. The number of hydrogen-bond donors (Lipinski definition) is 19. The first-order chi connectivity index (χ1) is 55.7. The maximum absolute atomic E-state index is 15.2. The van der Waals surface area contributed by atoms with Crippen LogP contribution in [0.2, 0.25) is 0 Å². The van der Waals surface area contributed by atoms with Crippen molar-refractivity contribution in [2.24, 2.45) is 56.0 Å². The Bertz CT molecular complexity index is 4030. The van der Waals surface area contributed by atoms with E-state index in [4.69, 9.17) is 40.1 Å². The molecular formula is C77H118N22O17S. The van der Waals surface area contributed by atoms with Gasteiger partial charge in [-0.05, 0) is 170 Å². The molecule has 0 spiro atoms. The highest BCUT2D eigenvalue weighted by Crippen LogP contribution is 2.29. The van der Waals surface area contributed by atoms with Crippen molar-refractivity contribution in [3.05, 3.63) is 65.9 Å². The van der Waals surface area contributed by atoms with E-state index in [9.17, 15) is 68.1 Å². The summed E-state index contributed by atoms with van der Waals surface area (Å²) in [5.41, 5.74) is 41.0. The molecule has 0 radical (unpaired) electrons. The maximum Gasteiger partial charge on any atom is 0.326 e. The number of aromatic hydroxyl groups is 1. The van der Waals surface area contributed by atoms with Crippen LogP contribution in [0.4, 0.5) is 0 Å². The van der Waals surface area contributed by atoms with Crippen molar-refractivity contribution in [3.8, 4) is 5.75 Å². The average molecular weight is 1660 g/mol. The molecule has 14 atom stereocenters. The van der Waals surface area contributed by atoms with Gasteiger partial charge in [0.15, 0.2) is 11.9 Å². The molecule has 5 heterocycles. The zero-order valence-electron chi connectivity index (χ0n) is 66.8. The van der Waals surface area contributed by atoms with Crippen LogP contribution < -0.4 is 82.7 Å². The Labute approximate surface area is 683 Å². The van der Waals surface area contributed by atoms with E-state index < -0.39 is 174 Å². The summed E-state index contributed by atoms with van der Waals surface area (Å²) in [7, 11) is 0. The Kier molecular flexibility index (Phi) is 36.4. The number of thioether (sulfide) groups is 1. The molecule has 4 fully saturated rings. The minimum Gasteiger partial charge on any atom is -0.508 e. The molecule has 26 N–H and O–H groups in total. The minimum atomic E-state index is -1.78. The highest BCUT2D eigenvalue weighted by Gasteiger charge is 2.47. The Morgan fingerprint density at radius 3 is 1.53 bits per heavy atom. The van der Waals surface area contributed by atoms with Gasteiger partial charge in [-0.2, -0.15) is 11.8 Å². The summed E-state index contributed by atoms with van der Waals surface area (Å²) in [6.07, 6.45) is 4.39. The molecule has 13 amide bonds. The van der Waals surface area contributed by atoms with Gasteiger partial charge in [0.2, 0.25) is 76.8 Å². The van der Waals surface area contributed by atoms with Crippen molar-refractivity contribution in [1.82, 2.24) is 67.1 Å². The first-order valence-corrected chi connectivity index (χ1v) is 41.3. The number of para-hydroxylation sites is 1. The molecule has 7 rings (SSSR count). The summed E-state index contributed by atoms with van der Waals surface area (Å²) in [6, 6.07) is -4.36. The standard InChI is InChI=1S/C77H118N22O17S/c1-42(2)37-54(64(104)92-55(38-44-24-26-46(101)27-25-44)65(105)93-56(39-45-41-87-49-16-6-5-15-47(45)49)66(106)95-62(43(3)100)70(110)91-53(75(115)116)19-10-31-86-77(83)84)94-69(109)58-21-12-33-97(58)73(113)52(18-9-30-85-76(81)82)89-63(103)50(28-36-117-4)88-67(107)57-20-11-32-96(57)72(112)51(17-7-8-29-78)90-68(108)59-22-13-34-98(59)74(114)60-23-14-35-99(60)71(111)48(79)40-61(80)102/h5-6,15-16,24-27,41-43,48,50-60,62,87,100-101H,7-14,17-23,28-40,78-79H2,1-4H3,(H2,80,102)(H,88,107)(H,89,103)(H,90,108)(H,91,110)(H,92,104)(H,93,105)(H,94,109)(H,95,106)(H,115,116)(H4,81,82,85)(H4,83,84,86)/t43-,48+,50+,51+,52+,53+,54+,55+,56+,57+,58+,59+,60+,62+/m1/s1. The number of rotatable bonds is 45. The van der Waals surface area contributed by atoms with Gasteiger partial charge in [-0.1, -0.05) is 44.2 Å². The number of nitrogens with zero attached hydrogens (tertiary/aromatic N) is 6. The summed E-state index contributed by atoms with van der Waals surface area (Å²) in [6.45, 7) is 5.64. The Balaban J connectivity index is 1.08. The molecule has 0 aliphatic carbocycles. The number of aliphatic hydroxyl groups is 1. The van der Waals surface area contributed by atoms with Crippen LogP contribution in [0, 0.1) is 5.92 Å². The summed E-state index contributed by atoms with van der Waals surface area (Å²) >= 11 is 1.37. The fourth-order valence-corrected chi connectivity index (χ4v) is 15.6. The normalized spacial score (nSPS) is 19.1. The van der Waals surface area contributed by atoms with Gasteiger partial charge in [0, 0.05) is 69.2 Å². The number of phenolic OH excluding ortho intramolecular Hbond substituents is 1. The van der Waals surface area contributed by atoms with Gasteiger partial charge in [0.25, 0.3) is 0 Å². The van der Waals surface area contributed by atoms with E-state index in [0.29, 0.717) is 72.7 Å². The number of amides is 13. The van der Waals surface area contributed by atoms with Crippen LogP contribution in [0.5, 0.6) is 5.75 Å². The predicted octanol–water partition coefficient (Wildman–Crippen LogP) is -3.80. The number of carbonyl (C=O) groups excluding carboxylic acids is 13. The molecule has 0 saturated carbocycles. The molecule has 39 nitrogen and oxygen atoms in total. The largest absolute Gasteiger partial charge is 0.508 e. The number of hydrogen-bond acceptors (Lipinski definition) is 21. The number of aromatic nitrogens is 1. The Hall–Kier alpha value is -10.9. The van der Waals surface area contributed by atoms with E-state index in [2.05, 4.69) is 57.5 Å². The number of carbonyl (C=O) groups is 14. The number of primary amides is 1. The third-order valence-electron chi connectivity index (χ3n) is 21.1. The third kappa shape index (κ3) is 27.4. The lowest BCUT2D eigenvalue weighted by atomic mass is 9.99. The number of nitrogens with two attached hydrogens (primary N) is 7. The fourth-order valence-electron chi connectivity index (χ4n) is 15.1. The second-order valence-electron chi connectivity index (χ2n) is 30.6. The lowest BCUT2D eigenvalue weighted by molar-refractivity contribution is -0.148. The lowest BCUT2D eigenvalue weighted by Gasteiger charge is -2.33. The van der Waals surface area contributed by atoms with Crippen molar-refractivity contribution < 1.29 is 82.4 Å². The molecule has 4 saturated heterocycles. The monoisotopic (exact) mass is 1650 g/mol. The van der Waals surface area contributed by atoms with E-state index in [0.717, 1.165) is 0 Å². The van der Waals surface area contributed by atoms with Crippen molar-refractivity contribution >= 4 is 117 Å². The number of guanidine groups is 2. The van der Waals surface area contributed by atoms with Crippen LogP contribution in [-0.4, -0.2) is 277 Å². The Morgan fingerprint density at radius 1 is 0.530 bits per heavy atom. The first-order valence-electron chi connectivity index (χ1n) is 39.9. The molecule has 40 heteroatoms. The van der Waals surface area contributed by atoms with Crippen molar-refractivity contribution in [1.29, 1.82) is 0 Å². The van der Waals surface area contributed by atoms with E-state index in [-0.39, 0.29) is 146 Å². The number of benzene rings is 2. The van der Waals surface area contributed by atoms with Gasteiger partial charge >= 0.3 is 5.97 Å². The predicted molar refractivity (Wildman–Crippen MR) is 434 cm³/mol. The van der Waals surface area contributed by atoms with Crippen LogP contribution in [-0.2, 0) is 80.0 Å². The zero-order valence-corrected chi connectivity index (χ0v) is 67.7. The van der Waals surface area contributed by atoms with Crippen LogP contribution in [0.1, 0.15) is 147 Å². The van der Waals surface area contributed by atoms with E-state index in [1.165, 1.54) is 62.6 Å². The van der Waals surface area contributed by atoms with Crippen molar-refractivity contribution in [2.75, 3.05) is 57.8 Å². The number of aliphatic imine (C=N–C) groups is 2. The molecule has 0 bridgehead atoms. The molecule has 3 aromatic rings. The number of aromatic amines is 1. The summed E-state index contributed by atoms with van der Waals surface area (Å²) in [4.78, 5) is 215. The second-order valence-corrected chi connectivity index (χ2v) is 31.5. The summed E-state index contributed by atoms with van der Waals surface area (Å²) in [5, 5.41) is 53.6. The number of unbranched alkanes of at least 4 members (excludes halogenated alkanes) is 1. The third-order valence-corrected chi connectivity index (χ3v) is 21.8. The molecule has 1 aromatic heterocycles. The molecule has 117 heavy (non-hydrogen) atoms. The van der Waals surface area contributed by atoms with Crippen molar-refractivity contribution in [3.63, 3.8) is 0 Å². The van der Waals surface area contributed by atoms with Crippen molar-refractivity contribution in [2.45, 2.75) is 234 Å². The van der Waals surface area contributed by atoms with E-state index in [1.807, 2.05) is 0 Å². The van der Waals surface area contributed by atoms with Crippen LogP contribution in [0.25, 0.3) is 10.9 Å². The average Bonchev–Trinajstić information content (AvgIpc) is 1.67. The van der Waals surface area contributed by atoms with Crippen LogP contribution in [0.3, 0.4) is 0 Å². The second kappa shape index (κ2) is 45.6. The number of carboxylic acids is 1. The number of likely N-dealkylation sites (tertiary alicyclic amines) is 4. The lowest BCUT2D eigenvalue weighted by Crippen LogP contribution is -2.61. The number of aliphatic carboxylic acids is 1. The molecule has 4 aliphatic rings. The van der Waals surface area contributed by atoms with Gasteiger partial charge in [-0.25, -0.2) is 4.79 Å². The topological polar surface area (TPSA) is 632 Å². The zero-order chi connectivity index (χ0) is 85.7. The van der Waals surface area contributed by atoms with Crippen LogP contribution in [0.15, 0.2) is 64.7 Å². The number of H-pyrrole nitrogens is 1. The number of nitrogens with one attached hydrogen (secondary N) is 9. The molecular weight excluding hydrogens is 1540 g/mol. The number of fused-ring (bicyclic) bond motifs is 1. The number of aliphatic hydroxyl groups excluding tert-OH is 1. The van der Waals surface area contributed by atoms with Gasteiger partial charge in [-0.15, -0.1) is 0 Å². The van der Waals surface area contributed by atoms with E-state index in [1.54, 1.807) is 50.6 Å². The minimum absolute atomic E-state index is 0.0149. The fraction of sp³-hybridized carbons (Fsp3) is 0.610. The van der Waals surface area contributed by atoms with Crippen LogP contribution >= 0.6 is 11.8 Å². The summed E-state index contributed by atoms with van der Waals surface area (Å²) in [5.74, 6) is -11.8. The quantitative estimate of drug-likeness (QED) is 0.0147. The van der Waals surface area contributed by atoms with E-state index >= 15 is 14.4 Å². The molecule has 2 aromatic carbocycles. The first kappa shape index (κ1) is 93.3. The Morgan fingerprint density at radius 2 is 0.991 bits per heavy atom. The highest BCUT2D eigenvalue weighted by molar-refractivity contribution is 7.98.